The van der Waals surface area contributed by atoms with Gasteiger partial charge in [-0.15, -0.1) is 22.9 Å². The molecule has 0 N–H and O–H groups in total. The number of hydrogen-bond donors (Lipinski definition) is 0. The first kappa shape index (κ1) is 13.1. The molecule has 0 radical (unpaired) electrons. The second kappa shape index (κ2) is 6.04. The fourth-order valence-corrected chi connectivity index (χ4v) is 3.54. The van der Waals surface area contributed by atoms with Crippen LogP contribution >= 0.6 is 22.9 Å². The topological polar surface area (TPSA) is 16.1 Å². The maximum atomic E-state index is 5.78. The second-order valence-corrected chi connectivity index (χ2v) is 6.12. The highest BCUT2D eigenvalue weighted by molar-refractivity contribution is 7.09. The van der Waals surface area contributed by atoms with Crippen molar-refractivity contribution >= 4 is 22.9 Å². The molecule has 1 aromatic carbocycles. The average Bonchev–Trinajstić information content (AvgIpc) is 2.93. The Balaban J connectivity index is 1.57. The standard InChI is InChI=1S/C15H17ClN2S/c16-9-14-11-19-15(17-14)6-8-18-7-5-12-3-1-2-4-13(12)10-18/h1-4,11H,5-10H2. The molecule has 1 aromatic heterocycles. The summed E-state index contributed by atoms with van der Waals surface area (Å²) in [7, 11) is 0. The largest absolute Gasteiger partial charge is 0.298 e. The van der Waals surface area contributed by atoms with Gasteiger partial charge in [-0.1, -0.05) is 24.3 Å². The van der Waals surface area contributed by atoms with Crippen molar-refractivity contribution in [1.29, 1.82) is 0 Å². The predicted octanol–water partition coefficient (Wildman–Crippen LogP) is 3.48. The van der Waals surface area contributed by atoms with E-state index in [-0.39, 0.29) is 0 Å². The summed E-state index contributed by atoms with van der Waals surface area (Å²) in [5, 5.41) is 3.27. The number of halogens is 1. The highest BCUT2D eigenvalue weighted by atomic mass is 35.5. The number of aromatic nitrogens is 1. The zero-order valence-corrected chi connectivity index (χ0v) is 12.4. The molecule has 0 spiro atoms. The Labute approximate surface area is 123 Å². The molecular formula is C15H17ClN2S. The molecule has 2 nitrogen and oxygen atoms in total. The van der Waals surface area contributed by atoms with Gasteiger partial charge in [0.05, 0.1) is 16.6 Å². The van der Waals surface area contributed by atoms with Crippen molar-refractivity contribution in [1.82, 2.24) is 9.88 Å². The summed E-state index contributed by atoms with van der Waals surface area (Å²) in [6.07, 6.45) is 2.20. The smallest absolute Gasteiger partial charge is 0.0941 e. The first-order valence-corrected chi connectivity index (χ1v) is 8.05. The Hall–Kier alpha value is -0.900. The van der Waals surface area contributed by atoms with E-state index in [0.29, 0.717) is 5.88 Å². The monoisotopic (exact) mass is 292 g/mol. The summed E-state index contributed by atoms with van der Waals surface area (Å²) < 4.78 is 0. The SMILES string of the molecule is ClCc1csc(CCN2CCc3ccccc3C2)n1. The summed E-state index contributed by atoms with van der Waals surface area (Å²) >= 11 is 7.51. The van der Waals surface area contributed by atoms with Crippen LogP contribution in [0.15, 0.2) is 29.6 Å². The number of nitrogens with zero attached hydrogens (tertiary/aromatic N) is 2. The third-order valence-electron chi connectivity index (χ3n) is 3.59. The van der Waals surface area contributed by atoms with Gasteiger partial charge in [-0.25, -0.2) is 4.98 Å². The molecule has 0 fully saturated rings. The van der Waals surface area contributed by atoms with E-state index in [0.717, 1.165) is 31.7 Å². The quantitative estimate of drug-likeness (QED) is 0.802. The minimum Gasteiger partial charge on any atom is -0.298 e. The molecule has 4 heteroatoms. The van der Waals surface area contributed by atoms with E-state index in [2.05, 4.69) is 39.5 Å². The van der Waals surface area contributed by atoms with Crippen molar-refractivity contribution < 1.29 is 0 Å². The summed E-state index contributed by atoms with van der Waals surface area (Å²) in [5.41, 5.74) is 4.00. The van der Waals surface area contributed by atoms with E-state index in [1.807, 2.05) is 0 Å². The highest BCUT2D eigenvalue weighted by Gasteiger charge is 2.15. The predicted molar refractivity (Wildman–Crippen MR) is 80.8 cm³/mol. The van der Waals surface area contributed by atoms with Crippen LogP contribution < -0.4 is 0 Å². The van der Waals surface area contributed by atoms with E-state index in [4.69, 9.17) is 11.6 Å². The van der Waals surface area contributed by atoms with Crippen LogP contribution in [0.4, 0.5) is 0 Å². The van der Waals surface area contributed by atoms with Crippen LogP contribution in [0.5, 0.6) is 0 Å². The van der Waals surface area contributed by atoms with Gasteiger partial charge in [-0.2, -0.15) is 0 Å². The first-order valence-electron chi connectivity index (χ1n) is 6.63. The third-order valence-corrected chi connectivity index (χ3v) is 4.82. The summed E-state index contributed by atoms with van der Waals surface area (Å²) in [5.74, 6) is 0.521. The Morgan fingerprint density at radius 3 is 2.89 bits per heavy atom. The lowest BCUT2D eigenvalue weighted by Gasteiger charge is -2.28. The molecule has 19 heavy (non-hydrogen) atoms. The fourth-order valence-electron chi connectivity index (χ4n) is 2.52. The molecule has 100 valence electrons. The Morgan fingerprint density at radius 1 is 1.26 bits per heavy atom. The maximum absolute atomic E-state index is 5.78. The van der Waals surface area contributed by atoms with Crippen LogP contribution in [0.2, 0.25) is 0 Å². The molecule has 0 saturated heterocycles. The lowest BCUT2D eigenvalue weighted by molar-refractivity contribution is 0.257. The van der Waals surface area contributed by atoms with Crippen LogP contribution in [-0.2, 0) is 25.3 Å². The molecule has 0 unspecified atom stereocenters. The molecule has 0 saturated carbocycles. The van der Waals surface area contributed by atoms with Crippen molar-refractivity contribution in [2.45, 2.75) is 25.3 Å². The Kier molecular flexibility index (Phi) is 4.16. The number of rotatable bonds is 4. The summed E-state index contributed by atoms with van der Waals surface area (Å²) in [6.45, 7) is 3.32. The molecule has 1 aliphatic rings. The second-order valence-electron chi connectivity index (χ2n) is 4.91. The van der Waals surface area contributed by atoms with Crippen molar-refractivity contribution in [2.24, 2.45) is 0 Å². The molecule has 2 aromatic rings. The summed E-state index contributed by atoms with van der Waals surface area (Å²) in [4.78, 5) is 7.04. The van der Waals surface area contributed by atoms with Crippen LogP contribution in [0, 0.1) is 0 Å². The number of hydrogen-bond acceptors (Lipinski definition) is 3. The first-order chi connectivity index (χ1) is 9.35. The van der Waals surface area contributed by atoms with Crippen molar-refractivity contribution in [3.8, 4) is 0 Å². The van der Waals surface area contributed by atoms with Gasteiger partial charge >= 0.3 is 0 Å². The fraction of sp³-hybridized carbons (Fsp3) is 0.400. The van der Waals surface area contributed by atoms with Gasteiger partial charge in [0.15, 0.2) is 0 Å². The highest BCUT2D eigenvalue weighted by Crippen LogP contribution is 2.19. The zero-order valence-electron chi connectivity index (χ0n) is 10.8. The van der Waals surface area contributed by atoms with E-state index in [9.17, 15) is 0 Å². The maximum Gasteiger partial charge on any atom is 0.0941 e. The number of benzene rings is 1. The van der Waals surface area contributed by atoms with Crippen LogP contribution in [0.3, 0.4) is 0 Å². The molecule has 2 heterocycles. The van der Waals surface area contributed by atoms with E-state index in [1.165, 1.54) is 22.6 Å². The molecular weight excluding hydrogens is 276 g/mol. The minimum atomic E-state index is 0.521. The van der Waals surface area contributed by atoms with Gasteiger partial charge in [0.25, 0.3) is 0 Å². The van der Waals surface area contributed by atoms with Gasteiger partial charge < -0.3 is 0 Å². The van der Waals surface area contributed by atoms with Crippen LogP contribution in [0.25, 0.3) is 0 Å². The zero-order chi connectivity index (χ0) is 13.1. The third kappa shape index (κ3) is 3.16. The Morgan fingerprint density at radius 2 is 2.11 bits per heavy atom. The van der Waals surface area contributed by atoms with Gasteiger partial charge in [0.2, 0.25) is 0 Å². The molecule has 0 aliphatic carbocycles. The summed E-state index contributed by atoms with van der Waals surface area (Å²) in [6, 6.07) is 8.77. The van der Waals surface area contributed by atoms with Gasteiger partial charge in [-0.05, 0) is 17.5 Å². The van der Waals surface area contributed by atoms with E-state index in [1.54, 1.807) is 11.3 Å². The molecule has 0 atom stereocenters. The number of thiazole rings is 1. The van der Waals surface area contributed by atoms with Gasteiger partial charge in [-0.3, -0.25) is 4.90 Å². The number of fused-ring (bicyclic) bond motifs is 1. The average molecular weight is 293 g/mol. The van der Waals surface area contributed by atoms with E-state index < -0.39 is 0 Å². The van der Waals surface area contributed by atoms with Crippen LogP contribution in [0.1, 0.15) is 21.8 Å². The number of alkyl halides is 1. The van der Waals surface area contributed by atoms with Crippen molar-refractivity contribution in [2.75, 3.05) is 13.1 Å². The van der Waals surface area contributed by atoms with Gasteiger partial charge in [0.1, 0.15) is 0 Å². The lowest BCUT2D eigenvalue weighted by Crippen LogP contribution is -2.32. The molecule has 3 rings (SSSR count). The molecule has 0 bridgehead atoms. The van der Waals surface area contributed by atoms with Crippen LogP contribution in [-0.4, -0.2) is 23.0 Å². The van der Waals surface area contributed by atoms with Gasteiger partial charge in [0, 0.05) is 31.4 Å². The normalized spacial score (nSPS) is 15.4. The van der Waals surface area contributed by atoms with Crippen molar-refractivity contribution in [3.05, 3.63) is 51.5 Å². The van der Waals surface area contributed by atoms with E-state index >= 15 is 0 Å². The van der Waals surface area contributed by atoms with Crippen molar-refractivity contribution in [3.63, 3.8) is 0 Å². The lowest BCUT2D eigenvalue weighted by atomic mass is 10.00. The molecule has 1 aliphatic heterocycles. The Bertz CT molecular complexity index is 553. The minimum absolute atomic E-state index is 0.521. The molecule has 0 amide bonds.